The van der Waals surface area contributed by atoms with E-state index in [-0.39, 0.29) is 0 Å². The monoisotopic (exact) mass is 674 g/mol. The zero-order chi connectivity index (χ0) is 32.8. The van der Waals surface area contributed by atoms with Crippen LogP contribution in [0.25, 0.3) is 41.6 Å². The van der Waals surface area contributed by atoms with Gasteiger partial charge in [0, 0.05) is 61.8 Å². The average Bonchev–Trinajstić information content (AvgIpc) is 3.11. The van der Waals surface area contributed by atoms with Gasteiger partial charge in [0.15, 0.2) is 0 Å². The van der Waals surface area contributed by atoms with Crippen molar-refractivity contribution in [1.82, 2.24) is 19.1 Å². The van der Waals surface area contributed by atoms with Crippen LogP contribution in [0.2, 0.25) is 0 Å². The summed E-state index contributed by atoms with van der Waals surface area (Å²) in [6.45, 7) is 4.65. The normalized spacial score (nSPS) is 16.4. The van der Waals surface area contributed by atoms with Gasteiger partial charge in [-0.3, -0.25) is 0 Å². The fraction of sp³-hybridized carbons (Fsp3) is 0.400. The highest BCUT2D eigenvalue weighted by molar-refractivity contribution is 7.21. The van der Waals surface area contributed by atoms with E-state index in [0.717, 1.165) is 60.4 Å². The molecule has 0 aromatic heterocycles. The van der Waals surface area contributed by atoms with Gasteiger partial charge >= 0.3 is 0 Å². The minimum absolute atomic E-state index is 0.856. The van der Waals surface area contributed by atoms with Crippen molar-refractivity contribution in [2.24, 2.45) is 11.8 Å². The smallest absolute Gasteiger partial charge is 0.201 e. The molecule has 2 aromatic carbocycles. The zero-order valence-electron chi connectivity index (χ0n) is 28.7. The molecule has 2 saturated heterocycles. The lowest BCUT2D eigenvalue weighted by molar-refractivity contribution is 0.307. The molecule has 2 aliphatic carbocycles. The molecule has 2 fully saturated rings. The second-order valence-electron chi connectivity index (χ2n) is 14.3. The Hall–Kier alpha value is -3.88. The lowest BCUT2D eigenvalue weighted by Gasteiger charge is -2.36. The number of rotatable bonds is 5. The van der Waals surface area contributed by atoms with Crippen LogP contribution in [0.1, 0.15) is 38.5 Å². The molecule has 6 aliphatic rings. The molecule has 0 unspecified atom stereocenters. The summed E-state index contributed by atoms with van der Waals surface area (Å²) in [5.74, 6) is 1.71. The molecule has 2 aromatic rings. The Bertz CT molecular complexity index is 2020. The van der Waals surface area contributed by atoms with E-state index in [1.165, 1.54) is 79.8 Å². The lowest BCUT2D eigenvalue weighted by atomic mass is 9.85. The summed E-state index contributed by atoms with van der Waals surface area (Å²) in [5, 5.41) is 2.44. The molecule has 246 valence electrons. The van der Waals surface area contributed by atoms with Crippen molar-refractivity contribution in [3.8, 4) is 21.1 Å². The van der Waals surface area contributed by atoms with Crippen LogP contribution in [0.5, 0.6) is 0 Å². The topological polar surface area (TPSA) is 38.3 Å². The number of aromatic nitrogens is 2. The molecular formula is C40H46N6S2+2. The van der Waals surface area contributed by atoms with Crippen LogP contribution >= 0.6 is 22.7 Å². The molecule has 0 N–H and O–H groups in total. The summed E-state index contributed by atoms with van der Waals surface area (Å²) in [7, 11) is 8.38. The van der Waals surface area contributed by atoms with Crippen molar-refractivity contribution < 1.29 is 0 Å². The maximum atomic E-state index is 4.96. The Kier molecular flexibility index (Phi) is 8.63. The van der Waals surface area contributed by atoms with E-state index < -0.39 is 0 Å². The SMILES string of the molecule is C[N+](C)=c1ccc2nc3ccc(N4CCC(CCC5CCN(c6ccc7nc8ccc(=[N+](C)C)cc-8sc7c6)CC5)CC4)cc3sc-2c1. The average molecular weight is 675 g/mol. The Morgan fingerprint density at radius 2 is 0.979 bits per heavy atom. The number of hydrogen-bond acceptors (Lipinski definition) is 6. The van der Waals surface area contributed by atoms with E-state index in [1.54, 1.807) is 0 Å². The molecular weight excluding hydrogens is 629 g/mol. The van der Waals surface area contributed by atoms with Crippen molar-refractivity contribution in [3.63, 3.8) is 0 Å². The van der Waals surface area contributed by atoms with E-state index >= 15 is 0 Å². The van der Waals surface area contributed by atoms with Crippen molar-refractivity contribution >= 4 is 54.5 Å². The molecule has 4 heterocycles. The molecule has 8 rings (SSSR count). The van der Waals surface area contributed by atoms with E-state index in [2.05, 4.69) is 120 Å². The van der Waals surface area contributed by atoms with Gasteiger partial charge in [-0.25, -0.2) is 19.1 Å². The predicted octanol–water partition coefficient (Wildman–Crippen LogP) is 7.09. The highest BCUT2D eigenvalue weighted by atomic mass is 32.1. The van der Waals surface area contributed by atoms with E-state index in [0.29, 0.717) is 0 Å². The van der Waals surface area contributed by atoms with Crippen LogP contribution in [-0.4, -0.2) is 64.3 Å². The maximum Gasteiger partial charge on any atom is 0.201 e. The molecule has 6 nitrogen and oxygen atoms in total. The molecule has 0 atom stereocenters. The predicted molar refractivity (Wildman–Crippen MR) is 206 cm³/mol. The van der Waals surface area contributed by atoms with E-state index in [4.69, 9.17) is 9.97 Å². The van der Waals surface area contributed by atoms with Crippen LogP contribution in [0.3, 0.4) is 0 Å². The minimum Gasteiger partial charge on any atom is -0.371 e. The number of anilines is 2. The van der Waals surface area contributed by atoms with Crippen LogP contribution in [0.15, 0.2) is 72.8 Å². The highest BCUT2D eigenvalue weighted by Crippen LogP contribution is 2.36. The molecule has 0 spiro atoms. The van der Waals surface area contributed by atoms with Crippen molar-refractivity contribution in [2.75, 3.05) is 64.2 Å². The van der Waals surface area contributed by atoms with Crippen LogP contribution in [0, 0.1) is 11.8 Å². The summed E-state index contributed by atoms with van der Waals surface area (Å²) < 4.78 is 6.87. The molecule has 0 bridgehead atoms. The molecule has 0 radical (unpaired) electrons. The third-order valence-electron chi connectivity index (χ3n) is 10.7. The van der Waals surface area contributed by atoms with Crippen molar-refractivity contribution in [3.05, 3.63) is 83.5 Å². The van der Waals surface area contributed by atoms with Gasteiger partial charge in [0.25, 0.3) is 0 Å². The van der Waals surface area contributed by atoms with Gasteiger partial charge in [-0.1, -0.05) is 12.8 Å². The third-order valence-corrected chi connectivity index (χ3v) is 12.9. The van der Waals surface area contributed by atoms with Crippen LogP contribution in [0.4, 0.5) is 11.4 Å². The van der Waals surface area contributed by atoms with Gasteiger partial charge in [-0.2, -0.15) is 0 Å². The Balaban J connectivity index is 0.852. The van der Waals surface area contributed by atoms with Crippen LogP contribution < -0.4 is 29.7 Å². The summed E-state index contributed by atoms with van der Waals surface area (Å²) in [6, 6.07) is 26.9. The highest BCUT2D eigenvalue weighted by Gasteiger charge is 2.24. The van der Waals surface area contributed by atoms with Gasteiger partial charge in [-0.05, 0) is 86.1 Å². The fourth-order valence-electron chi connectivity index (χ4n) is 7.58. The third kappa shape index (κ3) is 6.45. The summed E-state index contributed by atoms with van der Waals surface area (Å²) in [6.07, 6.45) is 7.99. The number of fused-ring (bicyclic) bond motifs is 4. The van der Waals surface area contributed by atoms with Gasteiger partial charge in [0.05, 0.1) is 41.6 Å². The van der Waals surface area contributed by atoms with E-state index in [9.17, 15) is 0 Å². The van der Waals surface area contributed by atoms with Gasteiger partial charge in [-0.15, -0.1) is 22.7 Å². The second-order valence-corrected chi connectivity index (χ2v) is 16.4. The zero-order valence-corrected chi connectivity index (χ0v) is 30.3. The number of hydrogen-bond donors (Lipinski definition) is 0. The number of benzene rings is 4. The minimum atomic E-state index is 0.856. The molecule has 8 heteroatoms. The number of nitrogens with zero attached hydrogens (tertiary/aromatic N) is 6. The summed E-state index contributed by atoms with van der Waals surface area (Å²) >= 11 is 3.73. The fourth-order valence-corrected chi connectivity index (χ4v) is 9.65. The van der Waals surface area contributed by atoms with Gasteiger partial charge < -0.3 is 9.80 Å². The quantitative estimate of drug-likeness (QED) is 0.145. The summed E-state index contributed by atoms with van der Waals surface area (Å²) in [4.78, 5) is 17.6. The summed E-state index contributed by atoms with van der Waals surface area (Å²) in [5.41, 5.74) is 7.06. The molecule has 0 saturated carbocycles. The Morgan fingerprint density at radius 1 is 0.562 bits per heavy atom. The first-order valence-corrected chi connectivity index (χ1v) is 19.2. The largest absolute Gasteiger partial charge is 0.371 e. The number of piperidine rings is 2. The van der Waals surface area contributed by atoms with Gasteiger partial charge in [0.1, 0.15) is 28.2 Å². The standard InChI is InChI=1S/C40H46N6S2/c1-43(2)29-7-11-33-37(23-29)47-39-25-31(9-13-35(39)41-33)45-19-15-27(16-20-45)5-6-28-17-21-46(22-18-28)32-10-14-36-40(26-32)48-38-24-30(44(3)4)8-12-34(38)42-36/h7-14,23-28H,5-6,15-22H2,1-4H3/q+2. The Morgan fingerprint density at radius 3 is 1.38 bits per heavy atom. The van der Waals surface area contributed by atoms with Crippen molar-refractivity contribution in [1.29, 1.82) is 0 Å². The lowest BCUT2D eigenvalue weighted by Crippen LogP contribution is -2.35. The maximum absolute atomic E-state index is 4.96. The molecule has 48 heavy (non-hydrogen) atoms. The van der Waals surface area contributed by atoms with Crippen LogP contribution in [-0.2, 0) is 0 Å². The first-order valence-electron chi connectivity index (χ1n) is 17.6. The van der Waals surface area contributed by atoms with Crippen molar-refractivity contribution in [2.45, 2.75) is 38.5 Å². The first kappa shape index (κ1) is 31.4. The first-order chi connectivity index (χ1) is 23.4. The molecule has 0 amide bonds. The molecule has 4 aliphatic heterocycles. The second kappa shape index (κ2) is 13.2. The Labute approximate surface area is 291 Å². The van der Waals surface area contributed by atoms with E-state index in [1.807, 2.05) is 22.7 Å². The van der Waals surface area contributed by atoms with Gasteiger partial charge in [0.2, 0.25) is 10.7 Å².